The van der Waals surface area contributed by atoms with Crippen molar-refractivity contribution in [2.75, 3.05) is 25.9 Å². The Morgan fingerprint density at radius 1 is 1.00 bits per heavy atom. The lowest BCUT2D eigenvalue weighted by atomic mass is 10.0. The molecule has 0 heterocycles. The fraction of sp³-hybridized carbons (Fsp3) is 0.409. The number of carbonyl (C=O) groups excluding carboxylic acids is 1. The number of benzene rings is 2. The molecule has 0 aliphatic rings. The molecule has 0 bridgehead atoms. The van der Waals surface area contributed by atoms with Gasteiger partial charge in [0.05, 0.1) is 5.75 Å². The van der Waals surface area contributed by atoms with Gasteiger partial charge in [0.2, 0.25) is 0 Å². The molecule has 0 radical (unpaired) electrons. The number of amides is 1. The number of carbonyl (C=O) groups is 1. The molecule has 2 rings (SSSR count). The molecular weight excluding hydrogens is 372 g/mol. The molecular formula is C22H30N2O3S. The average Bonchev–Trinajstić information content (AvgIpc) is 2.66. The van der Waals surface area contributed by atoms with Gasteiger partial charge in [-0.25, -0.2) is 8.42 Å². The van der Waals surface area contributed by atoms with Crippen LogP contribution in [-0.2, 0) is 22.0 Å². The third-order valence-electron chi connectivity index (χ3n) is 4.76. The summed E-state index contributed by atoms with van der Waals surface area (Å²) < 4.78 is 23.0. The van der Waals surface area contributed by atoms with Crippen LogP contribution in [0, 0.1) is 0 Å². The van der Waals surface area contributed by atoms with Crippen molar-refractivity contribution in [3.05, 3.63) is 71.3 Å². The van der Waals surface area contributed by atoms with Crippen LogP contribution in [0.3, 0.4) is 0 Å². The van der Waals surface area contributed by atoms with Crippen molar-refractivity contribution in [3.63, 3.8) is 0 Å². The smallest absolute Gasteiger partial charge is 0.251 e. The van der Waals surface area contributed by atoms with Crippen LogP contribution in [0.4, 0.5) is 0 Å². The predicted octanol–water partition coefficient (Wildman–Crippen LogP) is 2.91. The fourth-order valence-electron chi connectivity index (χ4n) is 3.37. The second-order valence-electron chi connectivity index (χ2n) is 7.05. The number of nitrogens with zero attached hydrogens (tertiary/aromatic N) is 1. The summed E-state index contributed by atoms with van der Waals surface area (Å²) in [6, 6.07) is 17.3. The molecule has 0 saturated heterocycles. The molecule has 2 aromatic carbocycles. The minimum atomic E-state index is -3.14. The van der Waals surface area contributed by atoms with Crippen LogP contribution in [0.2, 0.25) is 0 Å². The summed E-state index contributed by atoms with van der Waals surface area (Å²) >= 11 is 0. The first-order chi connectivity index (χ1) is 13.3. The molecule has 0 spiro atoms. The number of sulfone groups is 1. The van der Waals surface area contributed by atoms with E-state index in [1.54, 1.807) is 24.3 Å². The summed E-state index contributed by atoms with van der Waals surface area (Å²) in [4.78, 5) is 15.0. The lowest BCUT2D eigenvalue weighted by molar-refractivity contribution is 0.0934. The van der Waals surface area contributed by atoms with Gasteiger partial charge in [0.15, 0.2) is 9.84 Å². The van der Waals surface area contributed by atoms with Crippen LogP contribution in [-0.4, -0.2) is 51.2 Å². The Hall–Kier alpha value is -2.18. The second kappa shape index (κ2) is 10.4. The van der Waals surface area contributed by atoms with E-state index in [-0.39, 0.29) is 17.7 Å². The average molecular weight is 403 g/mol. The minimum Gasteiger partial charge on any atom is -0.350 e. The Kier molecular flexibility index (Phi) is 8.20. The Labute approximate surface area is 168 Å². The molecule has 6 heteroatoms. The molecule has 1 atom stereocenters. The molecule has 5 nitrogen and oxygen atoms in total. The van der Waals surface area contributed by atoms with Crippen molar-refractivity contribution in [1.29, 1.82) is 0 Å². The molecule has 28 heavy (non-hydrogen) atoms. The summed E-state index contributed by atoms with van der Waals surface area (Å²) in [6.45, 7) is 6.60. The number of hydrogen-bond acceptors (Lipinski definition) is 4. The van der Waals surface area contributed by atoms with Crippen LogP contribution in [0.25, 0.3) is 0 Å². The van der Waals surface area contributed by atoms with E-state index < -0.39 is 9.84 Å². The van der Waals surface area contributed by atoms with E-state index in [9.17, 15) is 13.2 Å². The van der Waals surface area contributed by atoms with Gasteiger partial charge in [-0.3, -0.25) is 9.69 Å². The third-order valence-corrected chi connectivity index (χ3v) is 5.62. The number of rotatable bonds is 10. The molecule has 0 saturated carbocycles. The molecule has 2 aromatic rings. The largest absolute Gasteiger partial charge is 0.350 e. The number of likely N-dealkylation sites (N-methyl/N-ethyl adjacent to an activating group) is 1. The lowest BCUT2D eigenvalue weighted by Crippen LogP contribution is -2.45. The van der Waals surface area contributed by atoms with E-state index in [0.717, 1.165) is 19.5 Å². The van der Waals surface area contributed by atoms with Crippen molar-refractivity contribution in [3.8, 4) is 0 Å². The van der Waals surface area contributed by atoms with Gasteiger partial charge in [-0.05, 0) is 42.8 Å². The Morgan fingerprint density at radius 3 is 2.25 bits per heavy atom. The molecule has 1 N–H and O–H groups in total. The minimum absolute atomic E-state index is 0.0653. The zero-order chi connectivity index (χ0) is 20.6. The first kappa shape index (κ1) is 22.1. The van der Waals surface area contributed by atoms with E-state index in [1.165, 1.54) is 11.8 Å². The van der Waals surface area contributed by atoms with Crippen LogP contribution < -0.4 is 5.32 Å². The van der Waals surface area contributed by atoms with Crippen molar-refractivity contribution >= 4 is 15.7 Å². The zero-order valence-corrected chi connectivity index (χ0v) is 17.7. The van der Waals surface area contributed by atoms with E-state index in [4.69, 9.17) is 0 Å². The van der Waals surface area contributed by atoms with E-state index in [2.05, 4.69) is 36.2 Å². The van der Waals surface area contributed by atoms with Crippen molar-refractivity contribution < 1.29 is 13.2 Å². The Balaban J connectivity index is 2.07. The first-order valence-electron chi connectivity index (χ1n) is 9.65. The quantitative estimate of drug-likeness (QED) is 0.664. The number of nitrogens with one attached hydrogen (secondary N) is 1. The second-order valence-corrected chi connectivity index (χ2v) is 9.19. The van der Waals surface area contributed by atoms with Gasteiger partial charge in [0.25, 0.3) is 5.91 Å². The van der Waals surface area contributed by atoms with Gasteiger partial charge < -0.3 is 5.32 Å². The number of hydrogen-bond donors (Lipinski definition) is 1. The summed E-state index contributed by atoms with van der Waals surface area (Å²) in [5, 5.41) is 3.03. The molecule has 0 fully saturated rings. The van der Waals surface area contributed by atoms with Gasteiger partial charge in [-0.15, -0.1) is 0 Å². The van der Waals surface area contributed by atoms with Gasteiger partial charge in [0.1, 0.15) is 0 Å². The maximum atomic E-state index is 12.6. The molecule has 0 unspecified atom stereocenters. The summed E-state index contributed by atoms with van der Waals surface area (Å²) in [5.41, 5.74) is 2.35. The van der Waals surface area contributed by atoms with Gasteiger partial charge >= 0.3 is 0 Å². The Morgan fingerprint density at radius 2 is 1.64 bits per heavy atom. The summed E-state index contributed by atoms with van der Waals surface area (Å²) in [7, 11) is -3.14. The summed E-state index contributed by atoms with van der Waals surface area (Å²) in [6.07, 6.45) is 2.05. The molecule has 1 amide bonds. The van der Waals surface area contributed by atoms with Crippen LogP contribution >= 0.6 is 0 Å². The predicted molar refractivity (Wildman–Crippen MR) is 114 cm³/mol. The highest BCUT2D eigenvalue weighted by Gasteiger charge is 2.18. The topological polar surface area (TPSA) is 66.5 Å². The van der Waals surface area contributed by atoms with E-state index in [1.807, 2.05) is 18.2 Å². The van der Waals surface area contributed by atoms with Gasteiger partial charge in [-0.1, -0.05) is 56.3 Å². The highest BCUT2D eigenvalue weighted by molar-refractivity contribution is 7.89. The first-order valence-corrected chi connectivity index (χ1v) is 11.7. The zero-order valence-electron chi connectivity index (χ0n) is 16.9. The molecule has 0 aromatic heterocycles. The normalized spacial score (nSPS) is 12.7. The maximum absolute atomic E-state index is 12.6. The third kappa shape index (κ3) is 7.09. The van der Waals surface area contributed by atoms with Crippen molar-refractivity contribution in [2.45, 2.75) is 32.1 Å². The van der Waals surface area contributed by atoms with Crippen LogP contribution in [0.1, 0.15) is 35.3 Å². The van der Waals surface area contributed by atoms with E-state index in [0.29, 0.717) is 17.7 Å². The SMILES string of the molecule is CCN(CC)[C@H](CNC(=O)c1cccc(CS(C)(=O)=O)c1)Cc1ccccc1. The molecule has 0 aliphatic heterocycles. The Bertz CT molecular complexity index is 862. The maximum Gasteiger partial charge on any atom is 0.251 e. The van der Waals surface area contributed by atoms with Gasteiger partial charge in [-0.2, -0.15) is 0 Å². The lowest BCUT2D eigenvalue weighted by Gasteiger charge is -2.30. The monoisotopic (exact) mass is 402 g/mol. The molecule has 152 valence electrons. The van der Waals surface area contributed by atoms with Crippen molar-refractivity contribution in [1.82, 2.24) is 10.2 Å². The fourth-order valence-corrected chi connectivity index (χ4v) is 4.16. The van der Waals surface area contributed by atoms with E-state index >= 15 is 0 Å². The van der Waals surface area contributed by atoms with Crippen LogP contribution in [0.15, 0.2) is 54.6 Å². The van der Waals surface area contributed by atoms with Crippen molar-refractivity contribution in [2.24, 2.45) is 0 Å². The van der Waals surface area contributed by atoms with Crippen LogP contribution in [0.5, 0.6) is 0 Å². The highest BCUT2D eigenvalue weighted by atomic mass is 32.2. The molecule has 0 aliphatic carbocycles. The summed E-state index contributed by atoms with van der Waals surface area (Å²) in [5.74, 6) is -0.245. The standard InChI is InChI=1S/C22H30N2O3S/c1-4-24(5-2)21(15-18-10-7-6-8-11-18)16-23-22(25)20-13-9-12-19(14-20)17-28(3,26)27/h6-14,21H,4-5,15-17H2,1-3H3,(H,23,25)/t21-/m0/s1. The highest BCUT2D eigenvalue weighted by Crippen LogP contribution is 2.11. The van der Waals surface area contributed by atoms with Gasteiger partial charge in [0, 0.05) is 24.4 Å².